The summed E-state index contributed by atoms with van der Waals surface area (Å²) in [5, 5.41) is 11.1. The molecule has 3 N–H and O–H groups in total. The minimum Gasteiger partial charge on any atom is -0.483 e. The number of rotatable bonds is 14. The van der Waals surface area contributed by atoms with Crippen molar-refractivity contribution in [1.82, 2.24) is 29.4 Å². The Morgan fingerprint density at radius 2 is 1.93 bits per heavy atom. The Morgan fingerprint density at radius 1 is 1.23 bits per heavy atom. The Morgan fingerprint density at radius 3 is 2.55 bits per heavy atom. The van der Waals surface area contributed by atoms with E-state index in [0.29, 0.717) is 35.3 Å². The van der Waals surface area contributed by atoms with E-state index in [4.69, 9.17) is 16.3 Å². The van der Waals surface area contributed by atoms with Gasteiger partial charge >= 0.3 is 10.2 Å². The van der Waals surface area contributed by atoms with Gasteiger partial charge in [-0.25, -0.2) is 14.4 Å². The first kappa shape index (κ1) is 31.1. The first-order valence-electron chi connectivity index (χ1n) is 12.8. The molecule has 2 heterocycles. The van der Waals surface area contributed by atoms with Crippen molar-refractivity contribution in [3.8, 4) is 22.5 Å². The van der Waals surface area contributed by atoms with Crippen molar-refractivity contribution in [3.63, 3.8) is 0 Å². The lowest BCUT2D eigenvalue weighted by molar-refractivity contribution is 0.255. The lowest BCUT2D eigenvalue weighted by atomic mass is 10.0. The summed E-state index contributed by atoms with van der Waals surface area (Å²) in [6, 6.07) is 4.27. The standard InChI is InChI=1S/C26H36ClFN8O3S/c1-8-35(9-2)40(37,38)34-23-13-19(27)12-20(24(23)28)21-15-36(16(3)4)33-25(21)22-10-11-29-26(32-22)30-14-17(5)31-18(6)39-7/h10-13,15-17,31,34H,6,8-9,14H2,1-5,7H3,(H,29,30,32)/t17-/m0/s1. The first-order chi connectivity index (χ1) is 18.9. The van der Waals surface area contributed by atoms with Crippen LogP contribution in [0.5, 0.6) is 0 Å². The minimum atomic E-state index is -4.00. The molecule has 11 nitrogen and oxygen atoms in total. The smallest absolute Gasteiger partial charge is 0.301 e. The molecule has 0 radical (unpaired) electrons. The van der Waals surface area contributed by atoms with Gasteiger partial charge in [0.2, 0.25) is 5.95 Å². The van der Waals surface area contributed by atoms with Crippen molar-refractivity contribution in [2.24, 2.45) is 0 Å². The number of hydrogen-bond donors (Lipinski definition) is 3. The van der Waals surface area contributed by atoms with Gasteiger partial charge in [0.25, 0.3) is 0 Å². The molecule has 0 amide bonds. The molecule has 0 aliphatic heterocycles. The average molecular weight is 595 g/mol. The predicted molar refractivity (Wildman–Crippen MR) is 157 cm³/mol. The Hall–Kier alpha value is -3.42. The maximum Gasteiger partial charge on any atom is 0.301 e. The molecule has 0 saturated heterocycles. The third-order valence-corrected chi connectivity index (χ3v) is 7.88. The first-order valence-corrected chi connectivity index (χ1v) is 14.6. The molecule has 0 spiro atoms. The second-order valence-corrected chi connectivity index (χ2v) is 11.4. The summed E-state index contributed by atoms with van der Waals surface area (Å²) in [7, 11) is -2.47. The lowest BCUT2D eigenvalue weighted by Crippen LogP contribution is -2.35. The minimum absolute atomic E-state index is 0.0329. The average Bonchev–Trinajstić information content (AvgIpc) is 3.35. The van der Waals surface area contributed by atoms with Crippen molar-refractivity contribution in [3.05, 3.63) is 53.9 Å². The summed E-state index contributed by atoms with van der Waals surface area (Å²) in [4.78, 5) is 8.88. The van der Waals surface area contributed by atoms with Crippen molar-refractivity contribution in [2.45, 2.75) is 46.7 Å². The van der Waals surface area contributed by atoms with Crippen LogP contribution < -0.4 is 15.4 Å². The van der Waals surface area contributed by atoms with Crippen LogP contribution in [0.4, 0.5) is 16.0 Å². The van der Waals surface area contributed by atoms with Crippen molar-refractivity contribution in [2.75, 3.05) is 36.8 Å². The third-order valence-electron chi connectivity index (χ3n) is 5.99. The van der Waals surface area contributed by atoms with Gasteiger partial charge in [-0.2, -0.15) is 17.8 Å². The van der Waals surface area contributed by atoms with Gasteiger partial charge in [0.05, 0.1) is 18.5 Å². The molecule has 1 atom stereocenters. The van der Waals surface area contributed by atoms with E-state index < -0.39 is 16.0 Å². The second-order valence-electron chi connectivity index (χ2n) is 9.29. The molecule has 0 aliphatic rings. The van der Waals surface area contributed by atoms with E-state index in [2.05, 4.69) is 37.0 Å². The molecule has 14 heteroatoms. The van der Waals surface area contributed by atoms with Gasteiger partial charge in [0.1, 0.15) is 5.69 Å². The van der Waals surface area contributed by atoms with E-state index in [1.165, 1.54) is 23.5 Å². The highest BCUT2D eigenvalue weighted by Crippen LogP contribution is 2.37. The zero-order valence-electron chi connectivity index (χ0n) is 23.5. The van der Waals surface area contributed by atoms with Crippen LogP contribution in [0.2, 0.25) is 5.02 Å². The maximum absolute atomic E-state index is 16.0. The number of aromatic nitrogens is 4. The zero-order chi connectivity index (χ0) is 29.6. The van der Waals surface area contributed by atoms with Gasteiger partial charge in [-0.15, -0.1) is 0 Å². The van der Waals surface area contributed by atoms with E-state index in [-0.39, 0.29) is 41.4 Å². The van der Waals surface area contributed by atoms with Crippen LogP contribution in [0.15, 0.2) is 43.1 Å². The number of benzene rings is 1. The highest BCUT2D eigenvalue weighted by molar-refractivity contribution is 7.90. The summed E-state index contributed by atoms with van der Waals surface area (Å²) in [5.74, 6) is 0.00367. The topological polar surface area (TPSA) is 126 Å². The van der Waals surface area contributed by atoms with E-state index in [1.54, 1.807) is 37.0 Å². The third kappa shape index (κ3) is 7.40. The lowest BCUT2D eigenvalue weighted by Gasteiger charge is -2.20. The fourth-order valence-electron chi connectivity index (χ4n) is 3.87. The number of nitrogens with zero attached hydrogens (tertiary/aromatic N) is 5. The molecule has 0 saturated carbocycles. The Balaban J connectivity index is 2.04. The van der Waals surface area contributed by atoms with Gasteiger partial charge in [-0.05, 0) is 45.5 Å². The molecular weight excluding hydrogens is 559 g/mol. The zero-order valence-corrected chi connectivity index (χ0v) is 25.1. The van der Waals surface area contributed by atoms with E-state index in [0.717, 1.165) is 0 Å². The molecule has 0 bridgehead atoms. The monoisotopic (exact) mass is 594 g/mol. The van der Waals surface area contributed by atoms with Crippen LogP contribution in [0.3, 0.4) is 0 Å². The van der Waals surface area contributed by atoms with Crippen molar-refractivity contribution in [1.29, 1.82) is 0 Å². The maximum atomic E-state index is 16.0. The predicted octanol–water partition coefficient (Wildman–Crippen LogP) is 4.89. The van der Waals surface area contributed by atoms with Crippen LogP contribution >= 0.6 is 11.6 Å². The number of anilines is 2. The number of methoxy groups -OCH3 is 1. The van der Waals surface area contributed by atoms with Gasteiger partial charge in [0, 0.05) is 60.3 Å². The molecule has 1 aromatic carbocycles. The van der Waals surface area contributed by atoms with Crippen LogP contribution in [-0.4, -0.2) is 65.3 Å². The van der Waals surface area contributed by atoms with Crippen LogP contribution in [0.25, 0.3) is 22.5 Å². The molecule has 3 aromatic rings. The van der Waals surface area contributed by atoms with Gasteiger partial charge in [-0.1, -0.05) is 25.4 Å². The molecule has 2 aromatic heterocycles. The molecule has 3 rings (SSSR count). The number of nitrogens with one attached hydrogen (secondary N) is 3. The largest absolute Gasteiger partial charge is 0.483 e. The van der Waals surface area contributed by atoms with Gasteiger partial charge < -0.3 is 15.4 Å². The fourth-order valence-corrected chi connectivity index (χ4v) is 5.33. The second kappa shape index (κ2) is 13.3. The van der Waals surface area contributed by atoms with Crippen molar-refractivity contribution < 1.29 is 17.5 Å². The van der Waals surface area contributed by atoms with Crippen LogP contribution in [0, 0.1) is 5.82 Å². The molecule has 218 valence electrons. The Kier molecular flexibility index (Phi) is 10.3. The molecule has 0 fully saturated rings. The van der Waals surface area contributed by atoms with Gasteiger partial charge in [-0.3, -0.25) is 9.40 Å². The van der Waals surface area contributed by atoms with E-state index >= 15 is 4.39 Å². The molecule has 0 unspecified atom stereocenters. The molecule has 0 aliphatic carbocycles. The number of halogens is 2. The highest BCUT2D eigenvalue weighted by Gasteiger charge is 2.25. The molecular formula is C26H36ClFN8O3S. The Labute approximate surface area is 240 Å². The summed E-state index contributed by atoms with van der Waals surface area (Å²) in [5.41, 5.74) is 1.04. The summed E-state index contributed by atoms with van der Waals surface area (Å²) in [6.45, 7) is 13.9. The van der Waals surface area contributed by atoms with Crippen LogP contribution in [-0.2, 0) is 14.9 Å². The molecule has 40 heavy (non-hydrogen) atoms. The summed E-state index contributed by atoms with van der Waals surface area (Å²) in [6.07, 6.45) is 3.27. The van der Waals surface area contributed by atoms with E-state index in [9.17, 15) is 8.42 Å². The quantitative estimate of drug-likeness (QED) is 0.225. The number of hydrogen-bond acceptors (Lipinski definition) is 8. The summed E-state index contributed by atoms with van der Waals surface area (Å²) >= 11 is 6.36. The van der Waals surface area contributed by atoms with Crippen LogP contribution in [0.1, 0.15) is 40.7 Å². The van der Waals surface area contributed by atoms with Crippen molar-refractivity contribution >= 4 is 33.4 Å². The number of ether oxygens (including phenoxy) is 1. The van der Waals surface area contributed by atoms with Gasteiger partial charge in [0.15, 0.2) is 11.7 Å². The Bertz CT molecular complexity index is 1440. The normalized spacial score (nSPS) is 12.4. The van der Waals surface area contributed by atoms with E-state index in [1.807, 2.05) is 20.8 Å². The SMILES string of the molecule is C=C(N[C@@H](C)CNc1nccc(-c2nn(C(C)C)cc2-c2cc(Cl)cc(NS(=O)(=O)N(CC)CC)c2F)n1)OC. The summed E-state index contributed by atoms with van der Waals surface area (Å²) < 4.78 is 51.9. The fraction of sp³-hybridized carbons (Fsp3) is 0.423. The highest BCUT2D eigenvalue weighted by atomic mass is 35.5.